The normalized spacial score (nSPS) is 31.3. The second-order valence-electron chi connectivity index (χ2n) is 8.98. The maximum Gasteiger partial charge on any atom is 0.303 e. The molecule has 2 aromatic carbocycles. The summed E-state index contributed by atoms with van der Waals surface area (Å²) in [5, 5.41) is 19.8. The average molecular weight is 418 g/mol. The van der Waals surface area contributed by atoms with Gasteiger partial charge in [-0.2, -0.15) is 5.26 Å². The molecule has 0 aliphatic carbocycles. The van der Waals surface area contributed by atoms with Crippen molar-refractivity contribution in [2.45, 2.75) is 50.2 Å². The van der Waals surface area contributed by atoms with Crippen LogP contribution in [-0.4, -0.2) is 34.1 Å². The SMILES string of the molecule is C[C@@]12CCC(CCCC(=O)O)(O1)[C@@H]1C(=O)N(c3ccc(C#N)c4ccccc34)C(=O)C12. The highest BCUT2D eigenvalue weighted by atomic mass is 16.5. The van der Waals surface area contributed by atoms with Crippen LogP contribution in [0.4, 0.5) is 5.69 Å². The van der Waals surface area contributed by atoms with Gasteiger partial charge in [0.1, 0.15) is 0 Å². The molecule has 0 aromatic heterocycles. The zero-order valence-electron chi connectivity index (χ0n) is 17.1. The zero-order chi connectivity index (χ0) is 22.0. The molecule has 0 radical (unpaired) electrons. The summed E-state index contributed by atoms with van der Waals surface area (Å²) >= 11 is 0. The summed E-state index contributed by atoms with van der Waals surface area (Å²) in [5.41, 5.74) is -0.543. The molecule has 2 aromatic rings. The van der Waals surface area contributed by atoms with E-state index in [4.69, 9.17) is 9.84 Å². The Kier molecular flexibility index (Phi) is 4.21. The van der Waals surface area contributed by atoms with Crippen molar-refractivity contribution < 1.29 is 24.2 Å². The van der Waals surface area contributed by atoms with Crippen molar-refractivity contribution in [3.8, 4) is 6.07 Å². The quantitative estimate of drug-likeness (QED) is 0.746. The maximum atomic E-state index is 13.7. The highest BCUT2D eigenvalue weighted by Gasteiger charge is 2.73. The third-order valence-corrected chi connectivity index (χ3v) is 7.26. The molecule has 4 atom stereocenters. The van der Waals surface area contributed by atoms with Crippen LogP contribution in [0.3, 0.4) is 0 Å². The first-order chi connectivity index (χ1) is 14.8. The maximum absolute atomic E-state index is 13.7. The van der Waals surface area contributed by atoms with Crippen LogP contribution in [0.1, 0.15) is 44.6 Å². The number of amides is 2. The number of ether oxygens (including phenoxy) is 1. The van der Waals surface area contributed by atoms with Crippen LogP contribution in [0, 0.1) is 23.2 Å². The van der Waals surface area contributed by atoms with E-state index >= 15 is 0 Å². The van der Waals surface area contributed by atoms with E-state index in [1.165, 1.54) is 4.90 Å². The van der Waals surface area contributed by atoms with Crippen molar-refractivity contribution in [3.05, 3.63) is 42.0 Å². The number of fused-ring (bicyclic) bond motifs is 6. The number of carbonyl (C=O) groups excluding carboxylic acids is 2. The highest BCUT2D eigenvalue weighted by molar-refractivity contribution is 6.26. The van der Waals surface area contributed by atoms with Crippen LogP contribution in [0.15, 0.2) is 36.4 Å². The Morgan fingerprint density at radius 1 is 1.16 bits per heavy atom. The van der Waals surface area contributed by atoms with Crippen molar-refractivity contribution in [2.24, 2.45) is 11.8 Å². The van der Waals surface area contributed by atoms with Gasteiger partial charge >= 0.3 is 5.97 Å². The van der Waals surface area contributed by atoms with Gasteiger partial charge in [-0.05, 0) is 44.7 Å². The minimum absolute atomic E-state index is 0.00528. The summed E-state index contributed by atoms with van der Waals surface area (Å²) in [7, 11) is 0. The third-order valence-electron chi connectivity index (χ3n) is 7.26. The van der Waals surface area contributed by atoms with Gasteiger partial charge in [0.2, 0.25) is 11.8 Å². The number of anilines is 1. The Morgan fingerprint density at radius 3 is 2.58 bits per heavy atom. The van der Waals surface area contributed by atoms with E-state index in [1.807, 2.05) is 31.2 Å². The fourth-order valence-electron chi connectivity index (χ4n) is 5.96. The summed E-state index contributed by atoms with van der Waals surface area (Å²) in [4.78, 5) is 39.5. The first kappa shape index (κ1) is 19.7. The van der Waals surface area contributed by atoms with Crippen LogP contribution in [-0.2, 0) is 19.1 Å². The molecule has 7 nitrogen and oxygen atoms in total. The first-order valence-electron chi connectivity index (χ1n) is 10.5. The van der Waals surface area contributed by atoms with Crippen molar-refractivity contribution >= 4 is 34.2 Å². The lowest BCUT2D eigenvalue weighted by molar-refractivity contribution is -0.137. The molecule has 5 rings (SSSR count). The van der Waals surface area contributed by atoms with Crippen LogP contribution in [0.5, 0.6) is 0 Å². The second kappa shape index (κ2) is 6.63. The topological polar surface area (TPSA) is 108 Å². The van der Waals surface area contributed by atoms with Crippen LogP contribution < -0.4 is 4.90 Å². The fraction of sp³-hybridized carbons (Fsp3) is 0.417. The van der Waals surface area contributed by atoms with E-state index in [-0.39, 0.29) is 18.2 Å². The predicted octanol–water partition coefficient (Wildman–Crippen LogP) is 3.39. The van der Waals surface area contributed by atoms with Crippen molar-refractivity contribution in [1.82, 2.24) is 0 Å². The molecule has 3 aliphatic rings. The number of carbonyl (C=O) groups is 3. The lowest BCUT2D eigenvalue weighted by atomic mass is 9.67. The summed E-state index contributed by atoms with van der Waals surface area (Å²) in [6.07, 6.45) is 2.16. The minimum atomic E-state index is -0.883. The third kappa shape index (κ3) is 2.64. The molecule has 3 aliphatic heterocycles. The molecule has 0 saturated carbocycles. The van der Waals surface area contributed by atoms with Crippen molar-refractivity contribution in [1.29, 1.82) is 5.26 Å². The summed E-state index contributed by atoms with van der Waals surface area (Å²) in [6.45, 7) is 1.89. The molecule has 3 fully saturated rings. The molecule has 2 bridgehead atoms. The van der Waals surface area contributed by atoms with Crippen molar-refractivity contribution in [2.75, 3.05) is 4.90 Å². The molecular weight excluding hydrogens is 396 g/mol. The van der Waals surface area contributed by atoms with E-state index < -0.39 is 29.0 Å². The average Bonchev–Trinajstić information content (AvgIpc) is 3.32. The number of nitrogens with zero attached hydrogens (tertiary/aromatic N) is 2. The van der Waals surface area contributed by atoms with Crippen LogP contribution >= 0.6 is 0 Å². The molecule has 2 amide bonds. The number of aliphatic carboxylic acids is 1. The Bertz CT molecular complexity index is 1180. The van der Waals surface area contributed by atoms with E-state index in [9.17, 15) is 19.6 Å². The summed E-state index contributed by atoms with van der Waals surface area (Å²) in [6, 6.07) is 12.7. The van der Waals surface area contributed by atoms with E-state index in [2.05, 4.69) is 6.07 Å². The van der Waals surface area contributed by atoms with E-state index in [0.717, 1.165) is 0 Å². The number of nitriles is 1. The van der Waals surface area contributed by atoms with Gasteiger partial charge in [0.15, 0.2) is 0 Å². The molecule has 3 saturated heterocycles. The van der Waals surface area contributed by atoms with Crippen LogP contribution in [0.25, 0.3) is 10.8 Å². The number of imide groups is 1. The molecule has 2 unspecified atom stereocenters. The summed E-state index contributed by atoms with van der Waals surface area (Å²) < 4.78 is 6.34. The van der Waals surface area contributed by atoms with E-state index in [0.29, 0.717) is 47.7 Å². The largest absolute Gasteiger partial charge is 0.481 e. The number of carboxylic acid groups (broad SMARTS) is 1. The molecular formula is C24H22N2O5. The Hall–Kier alpha value is -3.24. The van der Waals surface area contributed by atoms with E-state index in [1.54, 1.807) is 12.1 Å². The molecule has 158 valence electrons. The number of hydrogen-bond acceptors (Lipinski definition) is 5. The van der Waals surface area contributed by atoms with Gasteiger partial charge in [-0.25, -0.2) is 4.90 Å². The standard InChI is InChI=1S/C24H22N2O5/c1-23-11-12-24(31-23,10-4-7-18(27)28)20-19(23)21(29)26(22(20)30)17-9-8-14(13-25)15-5-2-3-6-16(15)17/h2-3,5-6,8-9,19-20H,4,7,10-12H2,1H3,(H,27,28)/t19?,20-,23-,24?/m0/s1. The number of benzene rings is 2. The Balaban J connectivity index is 1.57. The first-order valence-corrected chi connectivity index (χ1v) is 10.5. The van der Waals surface area contributed by atoms with Gasteiger partial charge in [-0.3, -0.25) is 14.4 Å². The zero-order valence-corrected chi connectivity index (χ0v) is 17.1. The van der Waals surface area contributed by atoms with Crippen LogP contribution in [0.2, 0.25) is 0 Å². The number of rotatable bonds is 5. The monoisotopic (exact) mass is 418 g/mol. The van der Waals surface area contributed by atoms with Gasteiger partial charge in [-0.1, -0.05) is 24.3 Å². The molecule has 3 heterocycles. The number of carboxylic acids is 1. The molecule has 7 heteroatoms. The predicted molar refractivity (Wildman–Crippen MR) is 111 cm³/mol. The number of hydrogen-bond donors (Lipinski definition) is 1. The fourth-order valence-corrected chi connectivity index (χ4v) is 5.96. The molecule has 1 N–H and O–H groups in total. The van der Waals surface area contributed by atoms with Gasteiger partial charge in [-0.15, -0.1) is 0 Å². The Morgan fingerprint density at radius 2 is 1.87 bits per heavy atom. The molecule has 0 spiro atoms. The van der Waals surface area contributed by atoms with Gasteiger partial charge in [0.05, 0.1) is 40.4 Å². The van der Waals surface area contributed by atoms with Gasteiger partial charge in [0.25, 0.3) is 0 Å². The van der Waals surface area contributed by atoms with Crippen molar-refractivity contribution in [3.63, 3.8) is 0 Å². The highest BCUT2D eigenvalue weighted by Crippen LogP contribution is 2.62. The second-order valence-corrected chi connectivity index (χ2v) is 8.98. The smallest absolute Gasteiger partial charge is 0.303 e. The lowest BCUT2D eigenvalue weighted by Gasteiger charge is -2.31. The Labute approximate surface area is 179 Å². The lowest BCUT2D eigenvalue weighted by Crippen LogP contribution is -2.42. The summed E-state index contributed by atoms with van der Waals surface area (Å²) in [5.74, 6) is -2.63. The van der Waals surface area contributed by atoms with Gasteiger partial charge in [0, 0.05) is 17.2 Å². The van der Waals surface area contributed by atoms with Gasteiger partial charge < -0.3 is 9.84 Å². The molecule has 31 heavy (non-hydrogen) atoms. The minimum Gasteiger partial charge on any atom is -0.481 e.